The third-order valence-electron chi connectivity index (χ3n) is 1.71. The van der Waals surface area contributed by atoms with E-state index in [9.17, 15) is 4.79 Å². The number of fused-ring (bicyclic) bond motifs is 1. The van der Waals surface area contributed by atoms with Gasteiger partial charge in [-0.05, 0) is 23.6 Å². The molecule has 0 fully saturated rings. The lowest BCUT2D eigenvalue weighted by molar-refractivity contribution is 0.476. The van der Waals surface area contributed by atoms with Crippen LogP contribution in [0.15, 0.2) is 35.1 Å². The van der Waals surface area contributed by atoms with Gasteiger partial charge in [0.25, 0.3) is 0 Å². The first-order valence-electron chi connectivity index (χ1n) is 3.58. The lowest BCUT2D eigenvalue weighted by atomic mass is 10.2. The Morgan fingerprint density at radius 2 is 2.00 bits per heavy atom. The Labute approximate surface area is 69.8 Å². The molecule has 0 bridgehead atoms. The number of aromatic amines is 1. The molecule has 3 nitrogen and oxygen atoms in total. The average molecular weight is 162 g/mol. The summed E-state index contributed by atoms with van der Waals surface area (Å²) < 4.78 is 0. The molecule has 0 spiro atoms. The van der Waals surface area contributed by atoms with Crippen molar-refractivity contribution >= 4 is 10.9 Å². The fourth-order valence-corrected chi connectivity index (χ4v) is 1.14. The minimum absolute atomic E-state index is 0. The second-order valence-electron chi connectivity index (χ2n) is 2.59. The zero-order valence-electron chi connectivity index (χ0n) is 7.24. The van der Waals surface area contributed by atoms with Crippen LogP contribution in [0.25, 0.3) is 10.9 Å². The first kappa shape index (κ1) is 6.91. The van der Waals surface area contributed by atoms with Crippen LogP contribution in [-0.4, -0.2) is 10.1 Å². The van der Waals surface area contributed by atoms with Crippen LogP contribution in [0.1, 0.15) is 1.43 Å². The summed E-state index contributed by atoms with van der Waals surface area (Å²) in [7, 11) is 0. The maximum absolute atomic E-state index is 10.9. The predicted molar refractivity (Wildman–Crippen MR) is 47.3 cm³/mol. The Balaban J connectivity index is 0.000000845. The van der Waals surface area contributed by atoms with Crippen LogP contribution in [-0.2, 0) is 0 Å². The summed E-state index contributed by atoms with van der Waals surface area (Å²) in [6, 6.07) is 8.03. The lowest BCUT2D eigenvalue weighted by Gasteiger charge is -1.96. The van der Waals surface area contributed by atoms with Gasteiger partial charge in [-0.3, -0.25) is 4.79 Å². The van der Waals surface area contributed by atoms with E-state index in [0.29, 0.717) is 5.52 Å². The fourth-order valence-electron chi connectivity index (χ4n) is 1.14. The largest absolute Gasteiger partial charge is 1.00 e. The molecule has 0 saturated heterocycles. The smallest absolute Gasteiger partial charge is 0.508 e. The topological polar surface area (TPSA) is 53.1 Å². The summed E-state index contributed by atoms with van der Waals surface area (Å²) in [5, 5.41) is 10.0. The molecule has 0 radical (unpaired) electrons. The molecule has 1 heterocycles. The van der Waals surface area contributed by atoms with Gasteiger partial charge < -0.3 is 10.1 Å². The van der Waals surface area contributed by atoms with E-state index >= 15 is 0 Å². The molecule has 2 aromatic rings. The van der Waals surface area contributed by atoms with E-state index in [0.717, 1.165) is 5.39 Å². The van der Waals surface area contributed by atoms with Crippen LogP contribution in [0.4, 0.5) is 0 Å². The molecule has 12 heavy (non-hydrogen) atoms. The second-order valence-corrected chi connectivity index (χ2v) is 2.59. The van der Waals surface area contributed by atoms with Gasteiger partial charge in [0.05, 0.1) is 5.52 Å². The van der Waals surface area contributed by atoms with Gasteiger partial charge >= 0.3 is 1.43 Å². The van der Waals surface area contributed by atoms with Gasteiger partial charge in [-0.25, -0.2) is 0 Å². The molecule has 2 rings (SSSR count). The van der Waals surface area contributed by atoms with E-state index in [1.165, 1.54) is 12.1 Å². The van der Waals surface area contributed by atoms with E-state index in [-0.39, 0.29) is 12.7 Å². The Morgan fingerprint density at radius 3 is 2.83 bits per heavy atom. The molecule has 3 heteroatoms. The Morgan fingerprint density at radius 1 is 1.25 bits per heavy atom. The van der Waals surface area contributed by atoms with Gasteiger partial charge in [0.2, 0.25) is 5.56 Å². The highest BCUT2D eigenvalue weighted by Gasteiger charge is 1.94. The van der Waals surface area contributed by atoms with Gasteiger partial charge in [0, 0.05) is 12.1 Å². The molecule has 0 unspecified atom stereocenters. The predicted octanol–water partition coefficient (Wildman–Crippen LogP) is 1.35. The normalized spacial score (nSPS) is 10.3. The molecule has 1 aromatic heterocycles. The minimum atomic E-state index is -0.159. The number of aromatic hydroxyl groups is 1. The van der Waals surface area contributed by atoms with Gasteiger partial charge in [-0.2, -0.15) is 0 Å². The first-order valence-corrected chi connectivity index (χ1v) is 3.58. The molecule has 0 amide bonds. The number of phenolic OH excluding ortho intramolecular Hbond substituents is 1. The summed E-state index contributed by atoms with van der Waals surface area (Å²) >= 11 is 0. The quantitative estimate of drug-likeness (QED) is 0.614. The van der Waals surface area contributed by atoms with Crippen molar-refractivity contribution in [2.45, 2.75) is 0 Å². The number of hydrogen-bond acceptors (Lipinski definition) is 2. The molecule has 0 aliphatic carbocycles. The zero-order valence-corrected chi connectivity index (χ0v) is 6.24. The number of benzene rings is 1. The van der Waals surface area contributed by atoms with Gasteiger partial charge in [0.15, 0.2) is 0 Å². The SMILES string of the molecule is O=c1ccc2ccc(O)cc2[nH]1.[H+]. The number of aromatic nitrogens is 1. The summed E-state index contributed by atoms with van der Waals surface area (Å²) in [5.74, 6) is 0.157. The second kappa shape index (κ2) is 2.37. The molecule has 0 saturated carbocycles. The standard InChI is InChI=1S/C9H7NO2/c11-7-3-1-6-2-4-9(12)10-8(6)5-7/h1-5,11H,(H,10,12)/p+1. The molecular weight excluding hydrogens is 154 g/mol. The number of phenols is 1. The van der Waals surface area contributed by atoms with Crippen molar-refractivity contribution in [3.05, 3.63) is 40.7 Å². The number of pyridine rings is 1. The first-order chi connectivity index (χ1) is 5.75. The van der Waals surface area contributed by atoms with E-state index in [2.05, 4.69) is 4.98 Å². The average Bonchev–Trinajstić information content (AvgIpc) is 2.03. The molecule has 2 N–H and O–H groups in total. The molecule has 0 aliphatic rings. The maximum Gasteiger partial charge on any atom is 1.00 e. The third kappa shape index (κ3) is 1.05. The van der Waals surface area contributed by atoms with E-state index < -0.39 is 0 Å². The molecule has 0 atom stereocenters. The Bertz CT molecular complexity index is 478. The summed E-state index contributed by atoms with van der Waals surface area (Å²) in [6.45, 7) is 0. The number of hydrogen-bond donors (Lipinski definition) is 2. The van der Waals surface area contributed by atoms with Crippen molar-refractivity contribution in [2.24, 2.45) is 0 Å². The van der Waals surface area contributed by atoms with Crippen LogP contribution >= 0.6 is 0 Å². The van der Waals surface area contributed by atoms with Crippen molar-refractivity contribution < 1.29 is 6.53 Å². The van der Waals surface area contributed by atoms with E-state index in [1.54, 1.807) is 18.2 Å². The van der Waals surface area contributed by atoms with Gasteiger partial charge in [-0.15, -0.1) is 0 Å². The van der Waals surface area contributed by atoms with Crippen molar-refractivity contribution in [3.8, 4) is 5.75 Å². The molecule has 1 aromatic carbocycles. The fraction of sp³-hybridized carbons (Fsp3) is 0. The maximum atomic E-state index is 10.9. The number of nitrogens with one attached hydrogen (secondary N) is 1. The highest BCUT2D eigenvalue weighted by molar-refractivity contribution is 5.79. The van der Waals surface area contributed by atoms with Crippen LogP contribution in [0.5, 0.6) is 5.75 Å². The van der Waals surface area contributed by atoms with Crippen LogP contribution in [0.3, 0.4) is 0 Å². The third-order valence-corrected chi connectivity index (χ3v) is 1.71. The molecule has 0 aliphatic heterocycles. The van der Waals surface area contributed by atoms with Gasteiger partial charge in [-0.1, -0.05) is 0 Å². The Kier molecular flexibility index (Phi) is 1.37. The van der Waals surface area contributed by atoms with Crippen molar-refractivity contribution in [2.75, 3.05) is 0 Å². The van der Waals surface area contributed by atoms with Crippen LogP contribution in [0, 0.1) is 0 Å². The number of H-pyrrole nitrogens is 1. The number of rotatable bonds is 0. The van der Waals surface area contributed by atoms with Gasteiger partial charge in [0.1, 0.15) is 5.75 Å². The van der Waals surface area contributed by atoms with Crippen molar-refractivity contribution in [1.29, 1.82) is 0 Å². The monoisotopic (exact) mass is 162 g/mol. The van der Waals surface area contributed by atoms with Crippen molar-refractivity contribution in [1.82, 2.24) is 4.98 Å². The summed E-state index contributed by atoms with van der Waals surface area (Å²) in [5.41, 5.74) is 0.496. The highest BCUT2D eigenvalue weighted by atomic mass is 16.3. The zero-order chi connectivity index (χ0) is 8.55. The molecule has 60 valence electrons. The lowest BCUT2D eigenvalue weighted by Crippen LogP contribution is -2.01. The minimum Gasteiger partial charge on any atom is -0.508 e. The highest BCUT2D eigenvalue weighted by Crippen LogP contribution is 2.15. The Hall–Kier alpha value is -1.77. The molecular formula is C9H8NO2+. The summed E-state index contributed by atoms with van der Waals surface area (Å²) in [6.07, 6.45) is 0. The van der Waals surface area contributed by atoms with E-state index in [1.807, 2.05) is 0 Å². The van der Waals surface area contributed by atoms with Crippen LogP contribution in [0.2, 0.25) is 0 Å². The van der Waals surface area contributed by atoms with Crippen LogP contribution < -0.4 is 5.56 Å². The van der Waals surface area contributed by atoms with Crippen molar-refractivity contribution in [3.63, 3.8) is 0 Å². The van der Waals surface area contributed by atoms with E-state index in [4.69, 9.17) is 5.11 Å². The summed E-state index contributed by atoms with van der Waals surface area (Å²) in [4.78, 5) is 13.5.